The van der Waals surface area contributed by atoms with Crippen LogP contribution in [0.1, 0.15) is 10.4 Å². The minimum atomic E-state index is -5.10. The van der Waals surface area contributed by atoms with E-state index < -0.39 is 35.8 Å². The van der Waals surface area contributed by atoms with Crippen molar-refractivity contribution in [3.63, 3.8) is 0 Å². The minimum Gasteiger partial charge on any atom is -0.478 e. The normalized spacial score (nSPS) is 11.8. The Kier molecular flexibility index (Phi) is 5.78. The molecule has 0 saturated heterocycles. The number of carboxylic acid groups (broad SMARTS) is 1. The summed E-state index contributed by atoms with van der Waals surface area (Å²) >= 11 is 0. The van der Waals surface area contributed by atoms with Gasteiger partial charge < -0.3 is 14.6 Å². The molecule has 0 atom stereocenters. The maximum Gasteiger partial charge on any atom is 0.573 e. The number of hydrogen-bond acceptors (Lipinski definition) is 4. The van der Waals surface area contributed by atoms with Gasteiger partial charge in [0.05, 0.1) is 11.3 Å². The van der Waals surface area contributed by atoms with Crippen molar-refractivity contribution in [3.8, 4) is 33.9 Å². The van der Waals surface area contributed by atoms with Crippen LogP contribution in [0.4, 0.5) is 26.3 Å². The molecule has 1 N–H and O–H groups in total. The van der Waals surface area contributed by atoms with Crippen molar-refractivity contribution < 1.29 is 45.7 Å². The third kappa shape index (κ3) is 5.24. The summed E-state index contributed by atoms with van der Waals surface area (Å²) in [4.78, 5) is 15.7. The van der Waals surface area contributed by atoms with Crippen molar-refractivity contribution in [2.24, 2.45) is 0 Å². The Morgan fingerprint density at radius 1 is 0.774 bits per heavy atom. The van der Waals surface area contributed by atoms with Gasteiger partial charge in [0.15, 0.2) is 0 Å². The van der Waals surface area contributed by atoms with Crippen LogP contribution in [0.5, 0.6) is 11.5 Å². The average Bonchev–Trinajstić information content (AvgIpc) is 2.66. The number of pyridine rings is 1. The minimum absolute atomic E-state index is 0.278. The van der Waals surface area contributed by atoms with Gasteiger partial charge in [-0.25, -0.2) is 4.79 Å². The fraction of sp³-hybridized carbons (Fsp3) is 0.100. The first-order valence-corrected chi connectivity index (χ1v) is 8.39. The van der Waals surface area contributed by atoms with E-state index in [1.165, 1.54) is 30.3 Å². The van der Waals surface area contributed by atoms with Crippen molar-refractivity contribution in [1.82, 2.24) is 4.98 Å². The Hall–Kier alpha value is -3.76. The lowest BCUT2D eigenvalue weighted by Gasteiger charge is -2.19. The summed E-state index contributed by atoms with van der Waals surface area (Å²) in [5.41, 5.74) is -1.81. The van der Waals surface area contributed by atoms with Crippen LogP contribution in [-0.4, -0.2) is 28.8 Å². The Morgan fingerprint density at radius 2 is 1.26 bits per heavy atom. The van der Waals surface area contributed by atoms with Crippen molar-refractivity contribution in [3.05, 3.63) is 66.4 Å². The second kappa shape index (κ2) is 8.17. The molecule has 0 aliphatic rings. The van der Waals surface area contributed by atoms with Gasteiger partial charge in [-0.15, -0.1) is 26.3 Å². The van der Waals surface area contributed by atoms with Crippen molar-refractivity contribution in [2.75, 3.05) is 0 Å². The quantitative estimate of drug-likeness (QED) is 0.497. The van der Waals surface area contributed by atoms with Gasteiger partial charge in [-0.05, 0) is 24.3 Å². The summed E-state index contributed by atoms with van der Waals surface area (Å²) in [5.74, 6) is -2.99. The van der Waals surface area contributed by atoms with Gasteiger partial charge >= 0.3 is 18.7 Å². The van der Waals surface area contributed by atoms with E-state index in [1.54, 1.807) is 0 Å². The molecule has 1 aromatic heterocycles. The van der Waals surface area contributed by atoms with E-state index >= 15 is 0 Å². The lowest BCUT2D eigenvalue weighted by molar-refractivity contribution is -0.275. The summed E-state index contributed by atoms with van der Waals surface area (Å²) in [7, 11) is 0. The molecule has 0 aliphatic heterocycles. The average molecular weight is 443 g/mol. The lowest BCUT2D eigenvalue weighted by Crippen LogP contribution is -2.18. The molecule has 0 unspecified atom stereocenters. The van der Waals surface area contributed by atoms with Crippen LogP contribution < -0.4 is 9.47 Å². The van der Waals surface area contributed by atoms with Gasteiger partial charge in [0.1, 0.15) is 11.5 Å². The van der Waals surface area contributed by atoms with Gasteiger partial charge in [-0.1, -0.05) is 30.3 Å². The summed E-state index contributed by atoms with van der Waals surface area (Å²) in [6.45, 7) is 0. The highest BCUT2D eigenvalue weighted by atomic mass is 19.4. The highest BCUT2D eigenvalue weighted by Gasteiger charge is 2.35. The van der Waals surface area contributed by atoms with E-state index in [0.717, 1.165) is 30.5 Å². The van der Waals surface area contributed by atoms with Crippen LogP contribution in [0.15, 0.2) is 60.8 Å². The fourth-order valence-electron chi connectivity index (χ4n) is 2.88. The topological polar surface area (TPSA) is 68.7 Å². The molecule has 3 rings (SSSR count). The SMILES string of the molecule is O=C(O)c1ccnc(-c2ccccc2OC(F)(F)F)c1-c1ccccc1OC(F)(F)F. The number of rotatable bonds is 5. The third-order valence-corrected chi connectivity index (χ3v) is 3.93. The van der Waals surface area contributed by atoms with Gasteiger partial charge in [0.25, 0.3) is 0 Å². The molecule has 31 heavy (non-hydrogen) atoms. The smallest absolute Gasteiger partial charge is 0.478 e. The van der Waals surface area contributed by atoms with E-state index in [2.05, 4.69) is 14.5 Å². The number of halogens is 6. The summed E-state index contributed by atoms with van der Waals surface area (Å²) in [5, 5.41) is 9.58. The number of benzene rings is 2. The summed E-state index contributed by atoms with van der Waals surface area (Å²) < 4.78 is 85.1. The molecule has 0 fully saturated rings. The number of para-hydroxylation sites is 2. The van der Waals surface area contributed by atoms with Gasteiger partial charge in [0, 0.05) is 22.9 Å². The molecular formula is C20H11F6NO4. The number of aromatic nitrogens is 1. The highest BCUT2D eigenvalue weighted by Crippen LogP contribution is 2.43. The molecule has 162 valence electrons. The molecule has 11 heteroatoms. The summed E-state index contributed by atoms with van der Waals surface area (Å²) in [6.07, 6.45) is -9.16. The van der Waals surface area contributed by atoms with Crippen LogP contribution in [-0.2, 0) is 0 Å². The molecule has 0 spiro atoms. The van der Waals surface area contributed by atoms with Crippen molar-refractivity contribution >= 4 is 5.97 Å². The Morgan fingerprint density at radius 3 is 1.77 bits per heavy atom. The van der Waals surface area contributed by atoms with Crippen LogP contribution in [0.2, 0.25) is 0 Å². The van der Waals surface area contributed by atoms with Crippen LogP contribution >= 0.6 is 0 Å². The van der Waals surface area contributed by atoms with E-state index in [1.807, 2.05) is 0 Å². The number of aromatic carboxylic acids is 1. The maximum atomic E-state index is 12.9. The maximum absolute atomic E-state index is 12.9. The first kappa shape index (κ1) is 21.9. The van der Waals surface area contributed by atoms with E-state index in [0.29, 0.717) is 0 Å². The predicted octanol–water partition coefficient (Wildman–Crippen LogP) is 5.91. The van der Waals surface area contributed by atoms with Gasteiger partial charge in [0.2, 0.25) is 0 Å². The zero-order chi connectivity index (χ0) is 22.8. The van der Waals surface area contributed by atoms with E-state index in [-0.39, 0.29) is 22.4 Å². The molecule has 0 radical (unpaired) electrons. The Balaban J connectivity index is 2.32. The Labute approximate surface area is 170 Å². The predicted molar refractivity (Wildman–Crippen MR) is 95.4 cm³/mol. The largest absolute Gasteiger partial charge is 0.573 e. The highest BCUT2D eigenvalue weighted by molar-refractivity contribution is 6.01. The zero-order valence-corrected chi connectivity index (χ0v) is 15.2. The molecule has 3 aromatic rings. The molecule has 5 nitrogen and oxygen atoms in total. The number of carboxylic acids is 1. The molecular weight excluding hydrogens is 432 g/mol. The first-order valence-electron chi connectivity index (χ1n) is 8.39. The molecule has 0 amide bonds. The second-order valence-electron chi connectivity index (χ2n) is 5.98. The monoisotopic (exact) mass is 443 g/mol. The summed E-state index contributed by atoms with van der Waals surface area (Å²) in [6, 6.07) is 10.4. The second-order valence-corrected chi connectivity index (χ2v) is 5.98. The first-order chi connectivity index (χ1) is 14.5. The molecule has 0 bridgehead atoms. The number of nitrogens with zero attached hydrogens (tertiary/aromatic N) is 1. The van der Waals surface area contributed by atoms with Gasteiger partial charge in [-0.2, -0.15) is 0 Å². The fourth-order valence-corrected chi connectivity index (χ4v) is 2.88. The number of carbonyl (C=O) groups is 1. The number of ether oxygens (including phenoxy) is 2. The van der Waals surface area contributed by atoms with E-state index in [4.69, 9.17) is 0 Å². The van der Waals surface area contributed by atoms with Crippen LogP contribution in [0.3, 0.4) is 0 Å². The third-order valence-electron chi connectivity index (χ3n) is 3.93. The molecule has 0 saturated carbocycles. The van der Waals surface area contributed by atoms with Crippen molar-refractivity contribution in [1.29, 1.82) is 0 Å². The molecule has 1 heterocycles. The standard InChI is InChI=1S/C20H11F6NO4/c21-19(22,23)30-14-7-3-1-5-11(14)16-13(18(28)29)9-10-27-17(16)12-6-2-4-8-15(12)31-20(24,25)26/h1-10H,(H,28,29). The van der Waals surface area contributed by atoms with Crippen molar-refractivity contribution in [2.45, 2.75) is 12.7 Å². The lowest BCUT2D eigenvalue weighted by atomic mass is 9.93. The van der Waals surface area contributed by atoms with Gasteiger partial charge in [-0.3, -0.25) is 4.98 Å². The van der Waals surface area contributed by atoms with E-state index in [9.17, 15) is 36.2 Å². The van der Waals surface area contributed by atoms with Crippen LogP contribution in [0.25, 0.3) is 22.4 Å². The Bertz CT molecular complexity index is 1110. The van der Waals surface area contributed by atoms with Crippen LogP contribution in [0, 0.1) is 0 Å². The molecule has 0 aliphatic carbocycles. The molecule has 2 aromatic carbocycles. The number of alkyl halides is 6. The zero-order valence-electron chi connectivity index (χ0n) is 15.2. The number of hydrogen-bond donors (Lipinski definition) is 1.